The Kier molecular flexibility index (Phi) is 7.28. The molecule has 9 heteroatoms. The average Bonchev–Trinajstić information content (AvgIpc) is 3.31. The molecular weight excluding hydrogens is 562 g/mol. The van der Waals surface area contributed by atoms with Gasteiger partial charge in [-0.1, -0.05) is 45.7 Å². The molecule has 0 bridgehead atoms. The molecule has 2 aliphatic heterocycles. The van der Waals surface area contributed by atoms with Crippen LogP contribution in [0.5, 0.6) is 0 Å². The Morgan fingerprint density at radius 1 is 1.19 bits per heavy atom. The SMILES string of the molecule is C[C@H]1CCCCN1C(=O)Cn1cc(/C=C2\SC(=O)N(Cc3ccccc3Cl)C2=O)c2cc(Br)ccc21. The number of amides is 3. The van der Waals surface area contributed by atoms with Gasteiger partial charge in [0.05, 0.1) is 11.4 Å². The quantitative estimate of drug-likeness (QED) is 0.312. The van der Waals surface area contributed by atoms with E-state index in [0.29, 0.717) is 15.5 Å². The topological polar surface area (TPSA) is 62.6 Å². The third-order valence-electron chi connectivity index (χ3n) is 6.75. The van der Waals surface area contributed by atoms with E-state index in [-0.39, 0.29) is 36.2 Å². The number of thioether (sulfide) groups is 1. The van der Waals surface area contributed by atoms with Gasteiger partial charge < -0.3 is 9.47 Å². The average molecular weight is 587 g/mol. The number of carbonyl (C=O) groups is 3. The fraction of sp³-hybridized carbons (Fsp3) is 0.296. The third kappa shape index (κ3) is 4.99. The third-order valence-corrected chi connectivity index (χ3v) is 8.52. The minimum absolute atomic E-state index is 0.0913. The molecule has 3 aromatic rings. The molecule has 0 N–H and O–H groups in total. The Hall–Kier alpha value is -2.55. The smallest absolute Gasteiger partial charge is 0.293 e. The second kappa shape index (κ2) is 10.4. The second-order valence-corrected chi connectivity index (χ2v) is 11.5. The molecule has 3 amide bonds. The largest absolute Gasteiger partial charge is 0.338 e. The maximum atomic E-state index is 13.2. The highest BCUT2D eigenvalue weighted by Crippen LogP contribution is 2.36. The van der Waals surface area contributed by atoms with Crippen LogP contribution in [0.2, 0.25) is 5.02 Å². The van der Waals surface area contributed by atoms with E-state index in [4.69, 9.17) is 11.6 Å². The van der Waals surface area contributed by atoms with Crippen LogP contribution in [0.25, 0.3) is 17.0 Å². The molecule has 0 saturated carbocycles. The molecule has 1 atom stereocenters. The van der Waals surface area contributed by atoms with E-state index >= 15 is 0 Å². The number of hydrogen-bond acceptors (Lipinski definition) is 4. The van der Waals surface area contributed by atoms with Crippen molar-refractivity contribution < 1.29 is 14.4 Å². The van der Waals surface area contributed by atoms with E-state index in [9.17, 15) is 14.4 Å². The Morgan fingerprint density at radius 2 is 2.00 bits per heavy atom. The van der Waals surface area contributed by atoms with E-state index in [0.717, 1.165) is 58.5 Å². The zero-order valence-corrected chi connectivity index (χ0v) is 22.9. The highest BCUT2D eigenvalue weighted by Gasteiger charge is 2.35. The Bertz CT molecular complexity index is 1400. The molecule has 2 aromatic carbocycles. The van der Waals surface area contributed by atoms with Gasteiger partial charge in [-0.3, -0.25) is 19.3 Å². The highest BCUT2D eigenvalue weighted by molar-refractivity contribution is 9.10. The maximum absolute atomic E-state index is 13.2. The van der Waals surface area contributed by atoms with Crippen molar-refractivity contribution in [3.8, 4) is 0 Å². The molecule has 36 heavy (non-hydrogen) atoms. The van der Waals surface area contributed by atoms with Gasteiger partial charge in [-0.15, -0.1) is 0 Å². The van der Waals surface area contributed by atoms with Crippen molar-refractivity contribution in [3.05, 3.63) is 74.2 Å². The normalized spacial score (nSPS) is 19.6. The minimum Gasteiger partial charge on any atom is -0.338 e. The summed E-state index contributed by atoms with van der Waals surface area (Å²) in [6, 6.07) is 13.3. The molecule has 0 radical (unpaired) electrons. The van der Waals surface area contributed by atoms with Crippen LogP contribution in [-0.2, 0) is 22.7 Å². The summed E-state index contributed by atoms with van der Waals surface area (Å²) in [6.07, 6.45) is 6.86. The number of benzene rings is 2. The van der Waals surface area contributed by atoms with E-state index < -0.39 is 0 Å². The fourth-order valence-corrected chi connectivity index (χ4v) is 6.21. The number of imide groups is 1. The fourth-order valence-electron chi connectivity index (χ4n) is 4.82. The number of fused-ring (bicyclic) bond motifs is 1. The van der Waals surface area contributed by atoms with Crippen molar-refractivity contribution in [2.75, 3.05) is 6.54 Å². The van der Waals surface area contributed by atoms with Gasteiger partial charge in [0.2, 0.25) is 5.91 Å². The van der Waals surface area contributed by atoms with Gasteiger partial charge in [0.25, 0.3) is 11.1 Å². The van der Waals surface area contributed by atoms with Gasteiger partial charge in [0, 0.05) is 44.7 Å². The highest BCUT2D eigenvalue weighted by atomic mass is 79.9. The molecule has 0 spiro atoms. The van der Waals surface area contributed by atoms with E-state index in [1.54, 1.807) is 18.2 Å². The Morgan fingerprint density at radius 3 is 2.78 bits per heavy atom. The predicted octanol–water partition coefficient (Wildman–Crippen LogP) is 6.69. The van der Waals surface area contributed by atoms with E-state index in [1.807, 2.05) is 46.0 Å². The van der Waals surface area contributed by atoms with Gasteiger partial charge in [-0.05, 0) is 73.9 Å². The number of aromatic nitrogens is 1. The Labute approximate surface area is 227 Å². The van der Waals surface area contributed by atoms with Gasteiger partial charge >= 0.3 is 0 Å². The van der Waals surface area contributed by atoms with Gasteiger partial charge in [0.15, 0.2) is 0 Å². The molecule has 2 fully saturated rings. The molecular formula is C27H25BrClN3O3S. The van der Waals surface area contributed by atoms with Crippen LogP contribution < -0.4 is 0 Å². The van der Waals surface area contributed by atoms with Crippen molar-refractivity contribution in [1.82, 2.24) is 14.4 Å². The van der Waals surface area contributed by atoms with Crippen molar-refractivity contribution in [2.24, 2.45) is 0 Å². The van der Waals surface area contributed by atoms with E-state index in [2.05, 4.69) is 22.9 Å². The minimum atomic E-state index is -0.348. The number of halogens is 2. The lowest BCUT2D eigenvalue weighted by molar-refractivity contribution is -0.135. The van der Waals surface area contributed by atoms with Crippen molar-refractivity contribution in [3.63, 3.8) is 0 Å². The summed E-state index contributed by atoms with van der Waals surface area (Å²) in [6.45, 7) is 3.24. The monoisotopic (exact) mass is 585 g/mol. The summed E-state index contributed by atoms with van der Waals surface area (Å²) >= 11 is 10.7. The summed E-state index contributed by atoms with van der Waals surface area (Å²) < 4.78 is 2.83. The van der Waals surface area contributed by atoms with E-state index in [1.165, 1.54) is 4.90 Å². The molecule has 0 aliphatic carbocycles. The van der Waals surface area contributed by atoms with Crippen LogP contribution >= 0.6 is 39.3 Å². The zero-order valence-electron chi connectivity index (χ0n) is 19.7. The molecule has 1 aromatic heterocycles. The van der Waals surface area contributed by atoms with Gasteiger partial charge in [-0.25, -0.2) is 0 Å². The molecule has 2 saturated heterocycles. The number of rotatable bonds is 5. The lowest BCUT2D eigenvalue weighted by Gasteiger charge is -2.33. The first-order valence-electron chi connectivity index (χ1n) is 11.9. The number of hydrogen-bond donors (Lipinski definition) is 0. The maximum Gasteiger partial charge on any atom is 0.293 e. The van der Waals surface area contributed by atoms with Crippen LogP contribution in [0.1, 0.15) is 37.3 Å². The second-order valence-electron chi connectivity index (χ2n) is 9.17. The standard InChI is InChI=1S/C27H25BrClN3O3S/c1-17-6-4-5-11-31(17)25(33)16-30-14-19(21-13-20(28)9-10-23(21)30)12-24-26(34)32(27(35)36-24)15-18-7-2-3-8-22(18)29/h2-3,7-10,12-14,17H,4-6,11,15-16H2,1H3/b24-12-/t17-/m0/s1. The first kappa shape index (κ1) is 25.1. The first-order valence-corrected chi connectivity index (χ1v) is 13.9. The molecule has 5 rings (SSSR count). The molecule has 2 aliphatic rings. The van der Waals surface area contributed by atoms with Crippen molar-refractivity contribution in [2.45, 2.75) is 45.3 Å². The molecule has 3 heterocycles. The molecule has 0 unspecified atom stereocenters. The summed E-state index contributed by atoms with van der Waals surface area (Å²) in [5.74, 6) is -0.257. The summed E-state index contributed by atoms with van der Waals surface area (Å²) in [4.78, 5) is 42.5. The number of piperidine rings is 1. The van der Waals surface area contributed by atoms with Crippen LogP contribution in [0.15, 0.2) is 58.0 Å². The van der Waals surface area contributed by atoms with Crippen LogP contribution in [-0.4, -0.2) is 44.0 Å². The number of likely N-dealkylation sites (tertiary alicyclic amines) is 1. The number of carbonyl (C=O) groups excluding carboxylic acids is 3. The van der Waals surface area contributed by atoms with Crippen LogP contribution in [0, 0.1) is 0 Å². The summed E-state index contributed by atoms with van der Waals surface area (Å²) in [5, 5.41) is 1.09. The lowest BCUT2D eigenvalue weighted by Crippen LogP contribution is -2.43. The summed E-state index contributed by atoms with van der Waals surface area (Å²) in [5.41, 5.74) is 2.40. The van der Waals surface area contributed by atoms with Gasteiger partial charge in [-0.2, -0.15) is 0 Å². The zero-order chi connectivity index (χ0) is 25.4. The van der Waals surface area contributed by atoms with Crippen LogP contribution in [0.4, 0.5) is 4.79 Å². The summed E-state index contributed by atoms with van der Waals surface area (Å²) in [7, 11) is 0. The Balaban J connectivity index is 1.44. The van der Waals surface area contributed by atoms with Gasteiger partial charge in [0.1, 0.15) is 6.54 Å². The van der Waals surface area contributed by atoms with Crippen molar-refractivity contribution in [1.29, 1.82) is 0 Å². The lowest BCUT2D eigenvalue weighted by atomic mass is 10.0. The molecule has 6 nitrogen and oxygen atoms in total. The predicted molar refractivity (Wildman–Crippen MR) is 148 cm³/mol. The number of nitrogens with zero attached hydrogens (tertiary/aromatic N) is 3. The van der Waals surface area contributed by atoms with Crippen molar-refractivity contribution >= 4 is 73.3 Å². The van der Waals surface area contributed by atoms with Crippen LogP contribution in [0.3, 0.4) is 0 Å². The first-order chi connectivity index (χ1) is 17.3. The molecule has 186 valence electrons.